The maximum atomic E-state index is 11.0. The minimum atomic E-state index is 0.395. The van der Waals surface area contributed by atoms with Crippen LogP contribution in [0.25, 0.3) is 0 Å². The van der Waals surface area contributed by atoms with Crippen molar-refractivity contribution in [2.75, 3.05) is 0 Å². The molecule has 0 saturated heterocycles. The average Bonchev–Trinajstić information content (AvgIpc) is 2.91. The van der Waals surface area contributed by atoms with E-state index in [-0.39, 0.29) is 0 Å². The standard InChI is InChI=1S/C19H16O2/c20-14-18-13-17(11-15-7-3-1-4-8-15)19(21-18)12-16-9-5-2-6-10-16/h1-10,13-14H,11-12H2. The minimum absolute atomic E-state index is 0.395. The normalized spacial score (nSPS) is 10.5. The lowest BCUT2D eigenvalue weighted by atomic mass is 10.0. The zero-order chi connectivity index (χ0) is 14.5. The Morgan fingerprint density at radius 2 is 1.38 bits per heavy atom. The molecule has 0 aliphatic rings. The van der Waals surface area contributed by atoms with Gasteiger partial charge in [0.05, 0.1) is 0 Å². The highest BCUT2D eigenvalue weighted by molar-refractivity contribution is 5.71. The first kappa shape index (κ1) is 13.4. The highest BCUT2D eigenvalue weighted by Crippen LogP contribution is 2.21. The molecule has 104 valence electrons. The van der Waals surface area contributed by atoms with Gasteiger partial charge in [0.2, 0.25) is 0 Å². The highest BCUT2D eigenvalue weighted by atomic mass is 16.3. The van der Waals surface area contributed by atoms with E-state index in [1.54, 1.807) is 0 Å². The number of aldehydes is 1. The molecule has 0 radical (unpaired) electrons. The molecule has 0 N–H and O–H groups in total. The van der Waals surface area contributed by atoms with Crippen LogP contribution in [0.2, 0.25) is 0 Å². The van der Waals surface area contributed by atoms with Crippen LogP contribution in [0, 0.1) is 0 Å². The Labute approximate surface area is 124 Å². The molecule has 0 saturated carbocycles. The molecule has 0 unspecified atom stereocenters. The van der Waals surface area contributed by atoms with Crippen LogP contribution < -0.4 is 0 Å². The van der Waals surface area contributed by atoms with Crippen molar-refractivity contribution in [2.45, 2.75) is 12.8 Å². The third-order valence-electron chi connectivity index (χ3n) is 3.48. The quantitative estimate of drug-likeness (QED) is 0.651. The first-order valence-electron chi connectivity index (χ1n) is 7.00. The molecule has 0 amide bonds. The second-order valence-corrected chi connectivity index (χ2v) is 5.04. The van der Waals surface area contributed by atoms with Gasteiger partial charge in [-0.05, 0) is 22.8 Å². The van der Waals surface area contributed by atoms with E-state index in [0.717, 1.165) is 24.0 Å². The zero-order valence-electron chi connectivity index (χ0n) is 11.7. The summed E-state index contributed by atoms with van der Waals surface area (Å²) in [6, 6.07) is 22.2. The molecular formula is C19H16O2. The summed E-state index contributed by atoms with van der Waals surface area (Å²) in [7, 11) is 0. The van der Waals surface area contributed by atoms with E-state index >= 15 is 0 Å². The maximum absolute atomic E-state index is 11.0. The number of carbonyl (C=O) groups excluding carboxylic acids is 1. The van der Waals surface area contributed by atoms with Gasteiger partial charge < -0.3 is 4.42 Å². The smallest absolute Gasteiger partial charge is 0.185 e. The molecular weight excluding hydrogens is 260 g/mol. The summed E-state index contributed by atoms with van der Waals surface area (Å²) in [5.74, 6) is 1.26. The number of furan rings is 1. The third kappa shape index (κ3) is 3.29. The monoisotopic (exact) mass is 276 g/mol. The van der Waals surface area contributed by atoms with Gasteiger partial charge >= 0.3 is 0 Å². The van der Waals surface area contributed by atoms with Crippen LogP contribution in [0.3, 0.4) is 0 Å². The molecule has 1 aromatic heterocycles. The molecule has 3 rings (SSSR count). The third-order valence-corrected chi connectivity index (χ3v) is 3.48. The number of carbonyl (C=O) groups is 1. The number of benzene rings is 2. The van der Waals surface area contributed by atoms with Crippen LogP contribution in [-0.2, 0) is 12.8 Å². The summed E-state index contributed by atoms with van der Waals surface area (Å²) in [6.07, 6.45) is 2.25. The Balaban J connectivity index is 1.89. The Bertz CT molecular complexity index is 653. The van der Waals surface area contributed by atoms with Gasteiger partial charge in [0.15, 0.2) is 12.0 Å². The SMILES string of the molecule is O=Cc1cc(Cc2ccccc2)c(Cc2ccccc2)o1. The minimum Gasteiger partial charge on any atom is -0.458 e. The van der Waals surface area contributed by atoms with Crippen molar-refractivity contribution in [3.05, 3.63) is 94.9 Å². The number of hydrogen-bond acceptors (Lipinski definition) is 2. The Kier molecular flexibility index (Phi) is 3.97. The predicted molar refractivity (Wildman–Crippen MR) is 82.6 cm³/mol. The first-order valence-corrected chi connectivity index (χ1v) is 7.00. The lowest BCUT2D eigenvalue weighted by Gasteiger charge is -2.03. The molecule has 0 aliphatic heterocycles. The van der Waals surface area contributed by atoms with Crippen molar-refractivity contribution in [1.82, 2.24) is 0 Å². The topological polar surface area (TPSA) is 30.2 Å². The van der Waals surface area contributed by atoms with Gasteiger partial charge in [0, 0.05) is 12.8 Å². The van der Waals surface area contributed by atoms with E-state index in [1.807, 2.05) is 42.5 Å². The number of hydrogen-bond donors (Lipinski definition) is 0. The molecule has 2 nitrogen and oxygen atoms in total. The Morgan fingerprint density at radius 1 is 0.810 bits per heavy atom. The summed E-state index contributed by atoms with van der Waals surface area (Å²) in [5.41, 5.74) is 3.47. The average molecular weight is 276 g/mol. The molecule has 2 aromatic carbocycles. The highest BCUT2D eigenvalue weighted by Gasteiger charge is 2.12. The van der Waals surface area contributed by atoms with Crippen molar-refractivity contribution in [3.63, 3.8) is 0 Å². The molecule has 2 heteroatoms. The molecule has 0 atom stereocenters. The fraction of sp³-hybridized carbons (Fsp3) is 0.105. The lowest BCUT2D eigenvalue weighted by Crippen LogP contribution is -1.93. The van der Waals surface area contributed by atoms with Gasteiger partial charge in [-0.25, -0.2) is 0 Å². The first-order chi connectivity index (χ1) is 10.3. The van der Waals surface area contributed by atoms with E-state index < -0.39 is 0 Å². The Morgan fingerprint density at radius 3 is 1.95 bits per heavy atom. The fourth-order valence-corrected chi connectivity index (χ4v) is 2.44. The van der Waals surface area contributed by atoms with Crippen molar-refractivity contribution in [1.29, 1.82) is 0 Å². The van der Waals surface area contributed by atoms with Crippen LogP contribution in [0.15, 0.2) is 71.1 Å². The summed E-state index contributed by atoms with van der Waals surface area (Å²) in [5, 5.41) is 0. The lowest BCUT2D eigenvalue weighted by molar-refractivity contribution is 0.109. The van der Waals surface area contributed by atoms with E-state index in [1.165, 1.54) is 11.1 Å². The summed E-state index contributed by atoms with van der Waals surface area (Å²) in [6.45, 7) is 0. The summed E-state index contributed by atoms with van der Waals surface area (Å²) in [4.78, 5) is 11.0. The summed E-state index contributed by atoms with van der Waals surface area (Å²) >= 11 is 0. The van der Waals surface area contributed by atoms with Crippen LogP contribution in [0.1, 0.15) is 33.0 Å². The van der Waals surface area contributed by atoms with Gasteiger partial charge in [0.25, 0.3) is 0 Å². The predicted octanol–water partition coefficient (Wildman–Crippen LogP) is 4.27. The second-order valence-electron chi connectivity index (χ2n) is 5.04. The van der Waals surface area contributed by atoms with Crippen molar-refractivity contribution in [2.24, 2.45) is 0 Å². The van der Waals surface area contributed by atoms with Crippen LogP contribution in [0.5, 0.6) is 0 Å². The second kappa shape index (κ2) is 6.23. The van der Waals surface area contributed by atoms with Crippen molar-refractivity contribution >= 4 is 6.29 Å². The van der Waals surface area contributed by atoms with E-state index in [0.29, 0.717) is 12.2 Å². The Hall–Kier alpha value is -2.61. The van der Waals surface area contributed by atoms with Crippen molar-refractivity contribution < 1.29 is 9.21 Å². The molecule has 0 fully saturated rings. The van der Waals surface area contributed by atoms with E-state index in [2.05, 4.69) is 24.3 Å². The largest absolute Gasteiger partial charge is 0.458 e. The van der Waals surface area contributed by atoms with Gasteiger partial charge in [-0.3, -0.25) is 4.79 Å². The van der Waals surface area contributed by atoms with Crippen molar-refractivity contribution in [3.8, 4) is 0 Å². The fourth-order valence-electron chi connectivity index (χ4n) is 2.44. The number of rotatable bonds is 5. The van der Waals surface area contributed by atoms with E-state index in [4.69, 9.17) is 4.42 Å². The van der Waals surface area contributed by atoms with Gasteiger partial charge in [-0.2, -0.15) is 0 Å². The van der Waals surface area contributed by atoms with E-state index in [9.17, 15) is 4.79 Å². The zero-order valence-corrected chi connectivity index (χ0v) is 11.7. The molecule has 0 bridgehead atoms. The van der Waals surface area contributed by atoms with Crippen LogP contribution >= 0.6 is 0 Å². The molecule has 0 spiro atoms. The molecule has 21 heavy (non-hydrogen) atoms. The molecule has 1 heterocycles. The van der Waals surface area contributed by atoms with Gasteiger partial charge in [-0.1, -0.05) is 60.7 Å². The maximum Gasteiger partial charge on any atom is 0.185 e. The van der Waals surface area contributed by atoms with Gasteiger partial charge in [-0.15, -0.1) is 0 Å². The van der Waals surface area contributed by atoms with Crippen LogP contribution in [0.4, 0.5) is 0 Å². The summed E-state index contributed by atoms with van der Waals surface area (Å²) < 4.78 is 5.67. The molecule has 0 aliphatic carbocycles. The van der Waals surface area contributed by atoms with Gasteiger partial charge in [0.1, 0.15) is 5.76 Å². The van der Waals surface area contributed by atoms with Crippen LogP contribution in [-0.4, -0.2) is 6.29 Å². The molecule has 3 aromatic rings.